The van der Waals surface area contributed by atoms with E-state index in [1.807, 2.05) is 11.8 Å². The Morgan fingerprint density at radius 3 is 2.86 bits per heavy atom. The zero-order valence-corrected chi connectivity index (χ0v) is 12.5. The van der Waals surface area contributed by atoms with Gasteiger partial charge in [-0.05, 0) is 45.6 Å². The summed E-state index contributed by atoms with van der Waals surface area (Å²) in [5.74, 6) is -0.116. The highest BCUT2D eigenvalue weighted by Gasteiger charge is 2.35. The summed E-state index contributed by atoms with van der Waals surface area (Å²) in [5, 5.41) is 3.51. The van der Waals surface area contributed by atoms with Crippen LogP contribution in [0.4, 0.5) is 0 Å². The van der Waals surface area contributed by atoms with Crippen LogP contribution in [0.1, 0.15) is 48.2 Å². The number of pyridine rings is 1. The summed E-state index contributed by atoms with van der Waals surface area (Å²) in [6.07, 6.45) is 7.09. The number of aryl methyl sites for hydroxylation is 1. The number of aromatic amines is 1. The van der Waals surface area contributed by atoms with E-state index in [0.29, 0.717) is 6.04 Å². The van der Waals surface area contributed by atoms with Crippen molar-refractivity contribution in [1.29, 1.82) is 0 Å². The molecular formula is C16H23N3O2. The van der Waals surface area contributed by atoms with Crippen LogP contribution >= 0.6 is 0 Å². The lowest BCUT2D eigenvalue weighted by Crippen LogP contribution is -2.53. The Kier molecular flexibility index (Phi) is 4.10. The summed E-state index contributed by atoms with van der Waals surface area (Å²) in [7, 11) is 0. The van der Waals surface area contributed by atoms with Crippen LogP contribution in [-0.4, -0.2) is 41.0 Å². The molecule has 0 radical (unpaired) electrons. The standard InChI is InChI=1S/C16H23N3O2/c1-11-9-15(20)12(10-18-11)16(21)19-8-3-2-6-14(19)13-5-4-7-17-13/h9-10,13-14,17H,2-8H2,1H3,(H,18,20). The number of likely N-dealkylation sites (tertiary alicyclic amines) is 1. The van der Waals surface area contributed by atoms with Crippen molar-refractivity contribution < 1.29 is 4.79 Å². The van der Waals surface area contributed by atoms with E-state index in [1.165, 1.54) is 12.5 Å². The first-order valence-corrected chi connectivity index (χ1v) is 7.90. The Morgan fingerprint density at radius 2 is 2.14 bits per heavy atom. The second-order valence-corrected chi connectivity index (χ2v) is 6.16. The number of aromatic nitrogens is 1. The molecule has 0 bridgehead atoms. The molecule has 21 heavy (non-hydrogen) atoms. The molecule has 0 spiro atoms. The predicted octanol–water partition coefficient (Wildman–Crippen LogP) is 1.43. The normalized spacial score (nSPS) is 26.0. The fourth-order valence-corrected chi connectivity index (χ4v) is 3.56. The summed E-state index contributed by atoms with van der Waals surface area (Å²) >= 11 is 0. The van der Waals surface area contributed by atoms with Gasteiger partial charge in [-0.15, -0.1) is 0 Å². The fraction of sp³-hybridized carbons (Fsp3) is 0.625. The van der Waals surface area contributed by atoms with Gasteiger partial charge in [-0.1, -0.05) is 0 Å². The van der Waals surface area contributed by atoms with Crippen molar-refractivity contribution in [2.24, 2.45) is 0 Å². The molecular weight excluding hydrogens is 266 g/mol. The summed E-state index contributed by atoms with van der Waals surface area (Å²) in [5.41, 5.74) is 0.870. The summed E-state index contributed by atoms with van der Waals surface area (Å²) in [4.78, 5) is 29.8. The monoisotopic (exact) mass is 289 g/mol. The highest BCUT2D eigenvalue weighted by atomic mass is 16.2. The number of rotatable bonds is 2. The molecule has 2 unspecified atom stereocenters. The van der Waals surface area contributed by atoms with Crippen molar-refractivity contribution >= 4 is 5.91 Å². The van der Waals surface area contributed by atoms with Crippen LogP contribution in [-0.2, 0) is 0 Å². The quantitative estimate of drug-likeness (QED) is 0.865. The third kappa shape index (κ3) is 2.88. The first kappa shape index (κ1) is 14.3. The van der Waals surface area contributed by atoms with Gasteiger partial charge in [-0.25, -0.2) is 0 Å². The number of amides is 1. The fourth-order valence-electron chi connectivity index (χ4n) is 3.56. The molecule has 3 rings (SSSR count). The van der Waals surface area contributed by atoms with Gasteiger partial charge < -0.3 is 15.2 Å². The number of hydrogen-bond acceptors (Lipinski definition) is 3. The first-order chi connectivity index (χ1) is 10.2. The molecule has 2 aliphatic heterocycles. The van der Waals surface area contributed by atoms with E-state index >= 15 is 0 Å². The van der Waals surface area contributed by atoms with Gasteiger partial charge in [0.05, 0.1) is 0 Å². The van der Waals surface area contributed by atoms with Crippen LogP contribution < -0.4 is 10.7 Å². The SMILES string of the molecule is Cc1cc(=O)c(C(=O)N2CCCCC2C2CCCN2)c[nH]1. The van der Waals surface area contributed by atoms with Crippen molar-refractivity contribution in [2.45, 2.75) is 51.1 Å². The van der Waals surface area contributed by atoms with E-state index in [9.17, 15) is 9.59 Å². The van der Waals surface area contributed by atoms with Crippen LogP contribution in [0.5, 0.6) is 0 Å². The molecule has 1 aromatic rings. The second-order valence-electron chi connectivity index (χ2n) is 6.16. The summed E-state index contributed by atoms with van der Waals surface area (Å²) in [6.45, 7) is 3.62. The van der Waals surface area contributed by atoms with Gasteiger partial charge in [-0.2, -0.15) is 0 Å². The Morgan fingerprint density at radius 1 is 1.29 bits per heavy atom. The average molecular weight is 289 g/mol. The molecule has 5 heteroatoms. The molecule has 114 valence electrons. The van der Waals surface area contributed by atoms with Gasteiger partial charge in [0.25, 0.3) is 5.91 Å². The summed E-state index contributed by atoms with van der Waals surface area (Å²) in [6, 6.07) is 2.12. The van der Waals surface area contributed by atoms with Crippen LogP contribution in [0.3, 0.4) is 0 Å². The third-order valence-corrected chi connectivity index (χ3v) is 4.66. The van der Waals surface area contributed by atoms with Crippen molar-refractivity contribution in [3.8, 4) is 0 Å². The van der Waals surface area contributed by atoms with Crippen molar-refractivity contribution in [1.82, 2.24) is 15.2 Å². The highest BCUT2D eigenvalue weighted by Crippen LogP contribution is 2.25. The second kappa shape index (κ2) is 6.02. The number of carbonyl (C=O) groups is 1. The molecule has 0 saturated carbocycles. The lowest BCUT2D eigenvalue weighted by molar-refractivity contribution is 0.0562. The number of piperidine rings is 1. The number of carbonyl (C=O) groups excluding carboxylic acids is 1. The topological polar surface area (TPSA) is 65.2 Å². The Labute approximate surface area is 124 Å². The average Bonchev–Trinajstić information content (AvgIpc) is 3.01. The van der Waals surface area contributed by atoms with Gasteiger partial charge in [0.1, 0.15) is 5.56 Å². The van der Waals surface area contributed by atoms with Crippen molar-refractivity contribution in [3.05, 3.63) is 33.7 Å². The Bertz CT molecular complexity index is 575. The van der Waals surface area contributed by atoms with Gasteiger partial charge in [0, 0.05) is 36.6 Å². The van der Waals surface area contributed by atoms with Gasteiger partial charge in [0.2, 0.25) is 0 Å². The molecule has 2 saturated heterocycles. The lowest BCUT2D eigenvalue weighted by atomic mass is 9.94. The lowest BCUT2D eigenvalue weighted by Gasteiger charge is -2.39. The number of nitrogens with one attached hydrogen (secondary N) is 2. The van der Waals surface area contributed by atoms with Crippen LogP contribution in [0.15, 0.2) is 17.1 Å². The molecule has 0 aromatic carbocycles. The smallest absolute Gasteiger partial charge is 0.259 e. The first-order valence-electron chi connectivity index (χ1n) is 7.90. The van der Waals surface area contributed by atoms with E-state index in [0.717, 1.165) is 44.5 Å². The molecule has 2 fully saturated rings. The Hall–Kier alpha value is -1.62. The molecule has 1 amide bonds. The van der Waals surface area contributed by atoms with E-state index in [-0.39, 0.29) is 22.9 Å². The number of hydrogen-bond donors (Lipinski definition) is 2. The minimum absolute atomic E-state index is 0.116. The van der Waals surface area contributed by atoms with E-state index in [4.69, 9.17) is 0 Å². The van der Waals surface area contributed by atoms with Gasteiger partial charge in [-0.3, -0.25) is 9.59 Å². The van der Waals surface area contributed by atoms with E-state index in [2.05, 4.69) is 10.3 Å². The maximum absolute atomic E-state index is 12.8. The van der Waals surface area contributed by atoms with E-state index in [1.54, 1.807) is 6.20 Å². The minimum Gasteiger partial charge on any atom is -0.364 e. The Balaban J connectivity index is 1.85. The molecule has 2 atom stereocenters. The zero-order chi connectivity index (χ0) is 14.8. The third-order valence-electron chi connectivity index (χ3n) is 4.66. The van der Waals surface area contributed by atoms with E-state index < -0.39 is 0 Å². The van der Waals surface area contributed by atoms with Crippen LogP contribution in [0.2, 0.25) is 0 Å². The van der Waals surface area contributed by atoms with Gasteiger partial charge >= 0.3 is 0 Å². The molecule has 1 aromatic heterocycles. The summed E-state index contributed by atoms with van der Waals surface area (Å²) < 4.78 is 0. The number of H-pyrrole nitrogens is 1. The van der Waals surface area contributed by atoms with Crippen molar-refractivity contribution in [3.63, 3.8) is 0 Å². The maximum atomic E-state index is 12.8. The predicted molar refractivity (Wildman–Crippen MR) is 81.5 cm³/mol. The maximum Gasteiger partial charge on any atom is 0.259 e. The zero-order valence-electron chi connectivity index (χ0n) is 12.5. The molecule has 5 nitrogen and oxygen atoms in total. The van der Waals surface area contributed by atoms with Crippen molar-refractivity contribution in [2.75, 3.05) is 13.1 Å². The number of nitrogens with zero attached hydrogens (tertiary/aromatic N) is 1. The molecule has 2 aliphatic rings. The molecule has 0 aliphatic carbocycles. The van der Waals surface area contributed by atoms with Gasteiger partial charge in [0.15, 0.2) is 5.43 Å². The molecule has 2 N–H and O–H groups in total. The van der Waals surface area contributed by atoms with Crippen LogP contribution in [0, 0.1) is 6.92 Å². The minimum atomic E-state index is -0.181. The highest BCUT2D eigenvalue weighted by molar-refractivity contribution is 5.94. The molecule has 3 heterocycles. The van der Waals surface area contributed by atoms with Crippen LogP contribution in [0.25, 0.3) is 0 Å². The largest absolute Gasteiger partial charge is 0.364 e.